The molecule has 2 atom stereocenters. The molecule has 0 aliphatic carbocycles. The zero-order valence-electron chi connectivity index (χ0n) is 11.3. The van der Waals surface area contributed by atoms with Crippen molar-refractivity contribution >= 4 is 17.9 Å². The molecule has 1 saturated heterocycles. The van der Waals surface area contributed by atoms with Gasteiger partial charge in [-0.15, -0.1) is 0 Å². The van der Waals surface area contributed by atoms with E-state index in [0.717, 1.165) is 6.42 Å². The topological polar surface area (TPSA) is 98.7 Å². The van der Waals surface area contributed by atoms with Crippen LogP contribution in [0.15, 0.2) is 0 Å². The molecular formula is C12H21N3O4. The van der Waals surface area contributed by atoms with Gasteiger partial charge >= 0.3 is 12.0 Å². The normalized spacial score (nSPS) is 20.3. The van der Waals surface area contributed by atoms with E-state index in [9.17, 15) is 14.4 Å². The summed E-state index contributed by atoms with van der Waals surface area (Å²) in [6.45, 7) is 3.91. The molecule has 1 fully saturated rings. The smallest absolute Gasteiger partial charge is 0.323 e. The number of rotatable bonds is 5. The molecule has 3 amide bonds. The minimum absolute atomic E-state index is 0.192. The van der Waals surface area contributed by atoms with Gasteiger partial charge < -0.3 is 20.6 Å². The number of carbonyl (C=O) groups is 3. The summed E-state index contributed by atoms with van der Waals surface area (Å²) < 4.78 is 0. The first-order valence-electron chi connectivity index (χ1n) is 6.52. The van der Waals surface area contributed by atoms with E-state index in [-0.39, 0.29) is 18.5 Å². The van der Waals surface area contributed by atoms with Crippen molar-refractivity contribution < 1.29 is 19.5 Å². The van der Waals surface area contributed by atoms with E-state index in [2.05, 4.69) is 10.6 Å². The van der Waals surface area contributed by atoms with Crippen molar-refractivity contribution in [2.75, 3.05) is 13.1 Å². The molecule has 7 nitrogen and oxygen atoms in total. The maximum absolute atomic E-state index is 12.1. The number of nitrogens with one attached hydrogen (secondary N) is 2. The van der Waals surface area contributed by atoms with Crippen LogP contribution in [0.4, 0.5) is 4.79 Å². The molecule has 2 unspecified atom stereocenters. The number of nitrogens with zero attached hydrogens (tertiary/aromatic N) is 1. The molecule has 0 radical (unpaired) electrons. The zero-order valence-corrected chi connectivity index (χ0v) is 11.3. The predicted octanol–water partition coefficient (Wildman–Crippen LogP) is 0.160. The lowest BCUT2D eigenvalue weighted by Crippen LogP contribution is -2.55. The first-order valence-corrected chi connectivity index (χ1v) is 6.52. The van der Waals surface area contributed by atoms with Gasteiger partial charge in [-0.1, -0.05) is 6.92 Å². The fraction of sp³-hybridized carbons (Fsp3) is 0.750. The van der Waals surface area contributed by atoms with Crippen molar-refractivity contribution in [2.45, 2.75) is 45.2 Å². The summed E-state index contributed by atoms with van der Waals surface area (Å²) in [5.41, 5.74) is 0. The molecule has 0 saturated carbocycles. The molecule has 19 heavy (non-hydrogen) atoms. The highest BCUT2D eigenvalue weighted by Gasteiger charge is 2.28. The number of amides is 3. The molecule has 3 N–H and O–H groups in total. The van der Waals surface area contributed by atoms with Crippen LogP contribution < -0.4 is 10.6 Å². The van der Waals surface area contributed by atoms with Gasteiger partial charge in [0.05, 0.1) is 0 Å². The third kappa shape index (κ3) is 4.42. The molecule has 1 heterocycles. The van der Waals surface area contributed by atoms with Gasteiger partial charge in [-0.3, -0.25) is 9.59 Å². The largest absolute Gasteiger partial charge is 0.480 e. The number of carboxylic acids is 1. The van der Waals surface area contributed by atoms with E-state index >= 15 is 0 Å². The van der Waals surface area contributed by atoms with Crippen LogP contribution in [0.1, 0.15) is 33.1 Å². The van der Waals surface area contributed by atoms with Crippen LogP contribution in [0.3, 0.4) is 0 Å². The summed E-state index contributed by atoms with van der Waals surface area (Å²) in [6, 6.07) is -1.26. The monoisotopic (exact) mass is 271 g/mol. The van der Waals surface area contributed by atoms with Crippen LogP contribution in [0.5, 0.6) is 0 Å². The highest BCUT2D eigenvalue weighted by atomic mass is 16.4. The number of aliphatic carboxylic acids is 1. The second-order valence-electron chi connectivity index (χ2n) is 4.71. The van der Waals surface area contributed by atoms with Crippen molar-refractivity contribution in [3.8, 4) is 0 Å². The number of urea groups is 1. The highest BCUT2D eigenvalue weighted by Crippen LogP contribution is 2.07. The quantitative estimate of drug-likeness (QED) is 0.663. The summed E-state index contributed by atoms with van der Waals surface area (Å²) >= 11 is 0. The van der Waals surface area contributed by atoms with E-state index in [1.54, 1.807) is 6.92 Å². The highest BCUT2D eigenvalue weighted by molar-refractivity contribution is 5.88. The second kappa shape index (κ2) is 6.96. The summed E-state index contributed by atoms with van der Waals surface area (Å²) in [7, 11) is 0. The van der Waals surface area contributed by atoms with Crippen molar-refractivity contribution in [3.05, 3.63) is 0 Å². The summed E-state index contributed by atoms with van der Waals surface area (Å²) in [5.74, 6) is -1.28. The number of piperidine rings is 1. The molecule has 1 aliphatic heterocycles. The fourth-order valence-corrected chi connectivity index (χ4v) is 1.94. The minimum Gasteiger partial charge on any atom is -0.480 e. The Bertz CT molecular complexity index is 359. The molecule has 0 aromatic carbocycles. The molecule has 0 aromatic heterocycles. The minimum atomic E-state index is -1.07. The van der Waals surface area contributed by atoms with Crippen molar-refractivity contribution in [1.82, 2.24) is 15.5 Å². The van der Waals surface area contributed by atoms with Gasteiger partial charge in [0.1, 0.15) is 12.6 Å². The molecule has 1 aliphatic rings. The van der Waals surface area contributed by atoms with Crippen molar-refractivity contribution in [3.63, 3.8) is 0 Å². The Hall–Kier alpha value is -1.79. The first-order chi connectivity index (χ1) is 8.95. The SMILES string of the molecule is CCC(C)N(CC(=O)O)C(=O)NC1CCCNC1=O. The van der Waals surface area contributed by atoms with Gasteiger partial charge in [0.25, 0.3) is 0 Å². The molecule has 0 spiro atoms. The van der Waals surface area contributed by atoms with Gasteiger partial charge in [0.15, 0.2) is 0 Å². The standard InChI is InChI=1S/C12H21N3O4/c1-3-8(2)15(7-10(16)17)12(19)14-9-5-4-6-13-11(9)18/h8-9H,3-7H2,1-2H3,(H,13,18)(H,14,19)(H,16,17). The average molecular weight is 271 g/mol. The molecule has 108 valence electrons. The van der Waals surface area contributed by atoms with Gasteiger partial charge in [0.2, 0.25) is 5.91 Å². The third-order valence-electron chi connectivity index (χ3n) is 3.27. The van der Waals surface area contributed by atoms with E-state index in [0.29, 0.717) is 19.4 Å². The third-order valence-corrected chi connectivity index (χ3v) is 3.27. The Morgan fingerprint density at radius 1 is 1.58 bits per heavy atom. The first kappa shape index (κ1) is 15.3. The summed E-state index contributed by atoms with van der Waals surface area (Å²) in [5, 5.41) is 14.1. The maximum atomic E-state index is 12.1. The number of hydrogen-bond donors (Lipinski definition) is 3. The van der Waals surface area contributed by atoms with Crippen LogP contribution in [0.25, 0.3) is 0 Å². The Labute approximate surface area is 112 Å². The van der Waals surface area contributed by atoms with Crippen LogP contribution in [-0.2, 0) is 9.59 Å². The van der Waals surface area contributed by atoms with Gasteiger partial charge in [-0.2, -0.15) is 0 Å². The lowest BCUT2D eigenvalue weighted by molar-refractivity contribution is -0.138. The van der Waals surface area contributed by atoms with Crippen molar-refractivity contribution in [1.29, 1.82) is 0 Å². The molecule has 1 rings (SSSR count). The predicted molar refractivity (Wildman–Crippen MR) is 68.7 cm³/mol. The Kier molecular flexibility index (Phi) is 5.59. The lowest BCUT2D eigenvalue weighted by Gasteiger charge is -2.30. The molecular weight excluding hydrogens is 250 g/mol. The maximum Gasteiger partial charge on any atom is 0.323 e. The van der Waals surface area contributed by atoms with Gasteiger partial charge in [-0.05, 0) is 26.2 Å². The molecule has 7 heteroatoms. The van der Waals surface area contributed by atoms with E-state index in [1.807, 2.05) is 6.92 Å². The van der Waals surface area contributed by atoms with E-state index in [4.69, 9.17) is 5.11 Å². The fourth-order valence-electron chi connectivity index (χ4n) is 1.94. The average Bonchev–Trinajstić information content (AvgIpc) is 2.37. The van der Waals surface area contributed by atoms with Crippen LogP contribution in [0, 0.1) is 0 Å². The van der Waals surface area contributed by atoms with Gasteiger partial charge in [-0.25, -0.2) is 4.79 Å². The number of carbonyl (C=O) groups excluding carboxylic acids is 2. The Morgan fingerprint density at radius 3 is 2.79 bits per heavy atom. The second-order valence-corrected chi connectivity index (χ2v) is 4.71. The van der Waals surface area contributed by atoms with E-state index in [1.165, 1.54) is 4.90 Å². The Morgan fingerprint density at radius 2 is 2.26 bits per heavy atom. The van der Waals surface area contributed by atoms with Gasteiger partial charge in [0, 0.05) is 12.6 Å². The van der Waals surface area contributed by atoms with E-state index < -0.39 is 18.0 Å². The number of hydrogen-bond acceptors (Lipinski definition) is 3. The summed E-state index contributed by atoms with van der Waals surface area (Å²) in [4.78, 5) is 35.6. The molecule has 0 aromatic rings. The van der Waals surface area contributed by atoms with Crippen LogP contribution >= 0.6 is 0 Å². The van der Waals surface area contributed by atoms with Crippen LogP contribution in [-0.4, -0.2) is 53.1 Å². The Balaban J connectivity index is 2.65. The molecule has 0 bridgehead atoms. The zero-order chi connectivity index (χ0) is 14.4. The lowest BCUT2D eigenvalue weighted by atomic mass is 10.1. The number of carboxylic acid groups (broad SMARTS) is 1. The van der Waals surface area contributed by atoms with Crippen LogP contribution in [0.2, 0.25) is 0 Å². The summed E-state index contributed by atoms with van der Waals surface area (Å²) in [6.07, 6.45) is 2.04. The van der Waals surface area contributed by atoms with Crippen molar-refractivity contribution in [2.24, 2.45) is 0 Å².